The van der Waals surface area contributed by atoms with Crippen LogP contribution in [0.15, 0.2) is 65.6 Å². The highest BCUT2D eigenvalue weighted by Crippen LogP contribution is 2.64. The Morgan fingerprint density at radius 3 is 2.44 bits per heavy atom. The molecule has 0 radical (unpaired) electrons. The Kier molecular flexibility index (Phi) is 6.91. The Hall–Kier alpha value is -3.80. The van der Waals surface area contributed by atoms with Gasteiger partial charge in [-0.3, -0.25) is 9.10 Å². The van der Waals surface area contributed by atoms with Crippen LogP contribution in [0.5, 0.6) is 11.5 Å². The van der Waals surface area contributed by atoms with Crippen LogP contribution in [0.4, 0.5) is 23.2 Å². The van der Waals surface area contributed by atoms with Crippen molar-refractivity contribution >= 4 is 21.7 Å². The standard InChI is InChI=1S/C31H29F4NO6S/c1-2-41-23-13-20(12-22(32)16-23)19-6-7-26-25(14-19)36(43(39,40)24-5-3-4-21(15-24)31(33,34)35)17-27(42-26)29-8-10-30(18-29,11-9-29)28(37)38/h3-7,12-16,27H,2,8-11,17-18H2,1H3,(H,37,38)/t27-,29?,30?/m1/s1. The van der Waals surface area contributed by atoms with Crippen LogP contribution in [0.2, 0.25) is 0 Å². The summed E-state index contributed by atoms with van der Waals surface area (Å²) < 4.78 is 96.3. The van der Waals surface area contributed by atoms with Crippen molar-refractivity contribution < 1.29 is 45.4 Å². The fraction of sp³-hybridized carbons (Fsp3) is 0.387. The van der Waals surface area contributed by atoms with Crippen LogP contribution in [0.1, 0.15) is 44.6 Å². The van der Waals surface area contributed by atoms with Crippen LogP contribution in [0.25, 0.3) is 11.1 Å². The second-order valence-electron chi connectivity index (χ2n) is 11.6. The van der Waals surface area contributed by atoms with Crippen LogP contribution < -0.4 is 13.8 Å². The number of fused-ring (bicyclic) bond motifs is 3. The van der Waals surface area contributed by atoms with Gasteiger partial charge >= 0.3 is 12.1 Å². The smallest absolute Gasteiger partial charge is 0.416 e. The lowest BCUT2D eigenvalue weighted by Crippen LogP contribution is -2.50. The summed E-state index contributed by atoms with van der Waals surface area (Å²) in [7, 11) is -4.56. The molecule has 43 heavy (non-hydrogen) atoms. The third-order valence-corrected chi connectivity index (χ3v) is 10.9. The van der Waals surface area contributed by atoms with E-state index in [4.69, 9.17) is 9.47 Å². The van der Waals surface area contributed by atoms with E-state index in [1.54, 1.807) is 25.1 Å². The van der Waals surface area contributed by atoms with Crippen molar-refractivity contribution in [2.24, 2.45) is 10.8 Å². The molecule has 1 N–H and O–H groups in total. The summed E-state index contributed by atoms with van der Waals surface area (Å²) in [5.74, 6) is -0.982. The summed E-state index contributed by atoms with van der Waals surface area (Å²) >= 11 is 0. The van der Waals surface area contributed by atoms with Crippen molar-refractivity contribution in [2.45, 2.75) is 56.2 Å². The van der Waals surface area contributed by atoms with Gasteiger partial charge in [-0.1, -0.05) is 12.1 Å². The van der Waals surface area contributed by atoms with E-state index >= 15 is 0 Å². The van der Waals surface area contributed by atoms with Crippen molar-refractivity contribution in [1.29, 1.82) is 0 Å². The van der Waals surface area contributed by atoms with Gasteiger partial charge in [0.2, 0.25) is 0 Å². The largest absolute Gasteiger partial charge is 0.494 e. The van der Waals surface area contributed by atoms with Gasteiger partial charge in [0.15, 0.2) is 0 Å². The topological polar surface area (TPSA) is 93.1 Å². The highest BCUT2D eigenvalue weighted by Gasteiger charge is 2.62. The van der Waals surface area contributed by atoms with Crippen molar-refractivity contribution in [3.05, 3.63) is 72.0 Å². The van der Waals surface area contributed by atoms with E-state index < -0.39 is 55.4 Å². The zero-order chi connectivity index (χ0) is 30.8. The average molecular weight is 620 g/mol. The monoisotopic (exact) mass is 619 g/mol. The molecule has 3 aromatic rings. The first-order chi connectivity index (χ1) is 20.3. The molecule has 1 heterocycles. The molecular formula is C31H29F4NO6S. The van der Waals surface area contributed by atoms with Gasteiger partial charge in [0.05, 0.1) is 34.7 Å². The number of hydrogen-bond acceptors (Lipinski definition) is 5. The predicted octanol–water partition coefficient (Wildman–Crippen LogP) is 6.90. The maximum atomic E-state index is 14.4. The molecule has 0 spiro atoms. The number of aliphatic carboxylic acids is 1. The molecule has 0 amide bonds. The Balaban J connectivity index is 1.46. The number of sulfonamides is 1. The summed E-state index contributed by atoms with van der Waals surface area (Å²) in [6.45, 7) is 1.83. The van der Waals surface area contributed by atoms with E-state index in [9.17, 15) is 35.9 Å². The minimum Gasteiger partial charge on any atom is -0.494 e. The first kappa shape index (κ1) is 29.3. The highest BCUT2D eigenvalue weighted by molar-refractivity contribution is 7.92. The zero-order valence-corrected chi connectivity index (χ0v) is 24.0. The van der Waals surface area contributed by atoms with Crippen LogP contribution in [0, 0.1) is 16.6 Å². The quantitative estimate of drug-likeness (QED) is 0.289. The molecule has 2 bridgehead atoms. The van der Waals surface area contributed by atoms with Crippen LogP contribution >= 0.6 is 0 Å². The number of hydrogen-bond donors (Lipinski definition) is 1. The Morgan fingerprint density at radius 2 is 1.79 bits per heavy atom. The van der Waals surface area contributed by atoms with Gasteiger partial charge in [0, 0.05) is 11.5 Å². The molecular weight excluding hydrogens is 590 g/mol. The molecule has 12 heteroatoms. The van der Waals surface area contributed by atoms with E-state index in [0.29, 0.717) is 55.9 Å². The van der Waals surface area contributed by atoms with Gasteiger partial charge in [-0.25, -0.2) is 12.8 Å². The van der Waals surface area contributed by atoms with Crippen molar-refractivity contribution in [3.63, 3.8) is 0 Å². The summed E-state index contributed by atoms with van der Waals surface area (Å²) in [6.07, 6.45) is -3.22. The molecule has 0 aromatic heterocycles. The average Bonchev–Trinajstić information content (AvgIpc) is 3.56. The number of carboxylic acid groups (broad SMARTS) is 1. The Bertz CT molecular complexity index is 1700. The van der Waals surface area contributed by atoms with Gasteiger partial charge in [-0.2, -0.15) is 13.2 Å². The van der Waals surface area contributed by atoms with Crippen LogP contribution in [-0.2, 0) is 21.0 Å². The molecule has 0 saturated heterocycles. The van der Waals surface area contributed by atoms with Gasteiger partial charge in [-0.05, 0) is 92.6 Å². The minimum atomic E-state index is -4.76. The number of anilines is 1. The third-order valence-electron chi connectivity index (χ3n) is 9.12. The predicted molar refractivity (Wildman–Crippen MR) is 149 cm³/mol. The molecule has 2 aliphatic carbocycles. The van der Waals surface area contributed by atoms with Crippen LogP contribution in [0.3, 0.4) is 0 Å². The normalized spacial score (nSPS) is 24.9. The molecule has 2 saturated carbocycles. The van der Waals surface area contributed by atoms with Gasteiger partial charge in [0.1, 0.15) is 23.4 Å². The molecule has 1 aliphatic heterocycles. The SMILES string of the molecule is CCOc1cc(F)cc(-c2ccc3c(c2)N(S(=O)(=O)c2cccc(C(F)(F)F)c2)C[C@H](C24CCC(C(=O)O)(CC2)C4)O3)c1. The lowest BCUT2D eigenvalue weighted by atomic mass is 9.78. The molecule has 3 aromatic carbocycles. The van der Waals surface area contributed by atoms with Gasteiger partial charge in [-0.15, -0.1) is 0 Å². The number of alkyl halides is 3. The third kappa shape index (κ3) is 4.99. The second kappa shape index (κ2) is 10.1. The lowest BCUT2D eigenvalue weighted by molar-refractivity contribution is -0.148. The fourth-order valence-corrected chi connectivity index (χ4v) is 8.41. The summed E-state index contributed by atoms with van der Waals surface area (Å²) in [6, 6.07) is 12.4. The van der Waals surface area contributed by atoms with E-state index in [1.807, 2.05) is 0 Å². The molecule has 7 nitrogen and oxygen atoms in total. The molecule has 2 fully saturated rings. The number of nitrogens with zero attached hydrogens (tertiary/aromatic N) is 1. The maximum absolute atomic E-state index is 14.4. The second-order valence-corrected chi connectivity index (χ2v) is 13.4. The molecule has 6 rings (SSSR count). The zero-order valence-electron chi connectivity index (χ0n) is 23.2. The van der Waals surface area contributed by atoms with E-state index in [0.717, 1.165) is 22.5 Å². The molecule has 0 unspecified atom stereocenters. The lowest BCUT2D eigenvalue weighted by Gasteiger charge is -2.43. The first-order valence-corrected chi connectivity index (χ1v) is 15.4. The minimum absolute atomic E-state index is 0.0882. The number of halogens is 4. The van der Waals surface area contributed by atoms with Crippen molar-refractivity contribution in [2.75, 3.05) is 17.5 Å². The number of benzene rings is 3. The van der Waals surface area contributed by atoms with E-state index in [-0.39, 0.29) is 23.7 Å². The van der Waals surface area contributed by atoms with E-state index in [2.05, 4.69) is 0 Å². The fourth-order valence-electron chi connectivity index (χ4n) is 6.90. The van der Waals surface area contributed by atoms with Crippen LogP contribution in [-0.4, -0.2) is 38.7 Å². The number of carbonyl (C=O) groups is 1. The molecule has 1 atom stereocenters. The summed E-state index contributed by atoms with van der Waals surface area (Å²) in [5.41, 5.74) is -1.67. The number of carboxylic acids is 1. The van der Waals surface area contributed by atoms with E-state index in [1.165, 1.54) is 18.2 Å². The number of ether oxygens (including phenoxy) is 2. The molecule has 228 valence electrons. The summed E-state index contributed by atoms with van der Waals surface area (Å²) in [4.78, 5) is 11.6. The highest BCUT2D eigenvalue weighted by atomic mass is 32.2. The van der Waals surface area contributed by atoms with Gasteiger partial charge < -0.3 is 14.6 Å². The Morgan fingerprint density at radius 1 is 1.05 bits per heavy atom. The van der Waals surface area contributed by atoms with Gasteiger partial charge in [0.25, 0.3) is 10.0 Å². The summed E-state index contributed by atoms with van der Waals surface area (Å²) in [5, 5.41) is 9.92. The molecule has 3 aliphatic rings. The van der Waals surface area contributed by atoms with Crippen molar-refractivity contribution in [3.8, 4) is 22.6 Å². The van der Waals surface area contributed by atoms with Crippen molar-refractivity contribution in [1.82, 2.24) is 0 Å². The first-order valence-electron chi connectivity index (χ1n) is 13.9. The number of rotatable bonds is 7. The Labute approximate surface area is 246 Å². The maximum Gasteiger partial charge on any atom is 0.416 e.